The third kappa shape index (κ3) is 3.61. The zero-order chi connectivity index (χ0) is 16.9. The minimum Gasteiger partial charge on any atom is -0.399 e. The van der Waals surface area contributed by atoms with Crippen molar-refractivity contribution in [3.63, 3.8) is 0 Å². The van der Waals surface area contributed by atoms with E-state index in [4.69, 9.17) is 5.73 Å². The van der Waals surface area contributed by atoms with Gasteiger partial charge in [0.05, 0.1) is 6.54 Å². The highest BCUT2D eigenvalue weighted by Crippen LogP contribution is 2.29. The number of unbranched alkanes of at least 4 members (excludes halogenated alkanes) is 4. The molecule has 3 heteroatoms. The lowest BCUT2D eigenvalue weighted by Gasteiger charge is -2.16. The van der Waals surface area contributed by atoms with Gasteiger partial charge in [0.25, 0.3) is 5.91 Å². The number of amides is 1. The Morgan fingerprint density at radius 1 is 1.00 bits per heavy atom. The number of carbonyl (C=O) groups is 1. The van der Waals surface area contributed by atoms with Crippen LogP contribution >= 0.6 is 0 Å². The largest absolute Gasteiger partial charge is 0.399 e. The summed E-state index contributed by atoms with van der Waals surface area (Å²) < 4.78 is 0. The molecular formula is C21H26N2O. The average molecular weight is 322 g/mol. The molecule has 0 aliphatic carbocycles. The van der Waals surface area contributed by atoms with Gasteiger partial charge in [-0.05, 0) is 48.2 Å². The van der Waals surface area contributed by atoms with Gasteiger partial charge in [0.15, 0.2) is 0 Å². The third-order valence-corrected chi connectivity index (χ3v) is 4.75. The molecule has 2 aromatic rings. The molecule has 0 saturated heterocycles. The summed E-state index contributed by atoms with van der Waals surface area (Å²) >= 11 is 0. The van der Waals surface area contributed by atoms with Crippen LogP contribution in [0.3, 0.4) is 0 Å². The number of hydrogen-bond acceptors (Lipinski definition) is 2. The molecule has 3 rings (SSSR count). The van der Waals surface area contributed by atoms with Gasteiger partial charge in [-0.25, -0.2) is 0 Å². The van der Waals surface area contributed by atoms with Crippen LogP contribution in [0.4, 0.5) is 11.4 Å². The van der Waals surface area contributed by atoms with Crippen molar-refractivity contribution in [2.45, 2.75) is 52.0 Å². The molecule has 1 aliphatic heterocycles. The van der Waals surface area contributed by atoms with Crippen LogP contribution in [0.5, 0.6) is 0 Å². The van der Waals surface area contributed by atoms with E-state index in [1.807, 2.05) is 17.0 Å². The maximum absolute atomic E-state index is 12.6. The van der Waals surface area contributed by atoms with E-state index in [9.17, 15) is 4.79 Å². The maximum Gasteiger partial charge on any atom is 0.259 e. The minimum absolute atomic E-state index is 0.0459. The smallest absolute Gasteiger partial charge is 0.259 e. The van der Waals surface area contributed by atoms with Crippen molar-refractivity contribution in [3.05, 3.63) is 59.2 Å². The van der Waals surface area contributed by atoms with E-state index in [0.717, 1.165) is 23.2 Å². The summed E-state index contributed by atoms with van der Waals surface area (Å²) in [5, 5.41) is 0. The normalized spacial score (nSPS) is 13.4. The molecular weight excluding hydrogens is 296 g/mol. The first kappa shape index (κ1) is 16.6. The Kier molecular flexibility index (Phi) is 5.19. The Morgan fingerprint density at radius 3 is 2.50 bits per heavy atom. The first-order valence-corrected chi connectivity index (χ1v) is 8.98. The lowest BCUT2D eigenvalue weighted by atomic mass is 10.1. The SMILES string of the molecule is CCCCCCCc1ccc(N2Cc3ccc(N)cc3C2=O)cc1. The van der Waals surface area contributed by atoms with Gasteiger partial charge in [0.1, 0.15) is 0 Å². The molecule has 0 aromatic heterocycles. The van der Waals surface area contributed by atoms with Gasteiger partial charge in [-0.15, -0.1) is 0 Å². The number of benzene rings is 2. The van der Waals surface area contributed by atoms with Gasteiger partial charge in [0.2, 0.25) is 0 Å². The van der Waals surface area contributed by atoms with E-state index in [2.05, 4.69) is 31.2 Å². The summed E-state index contributed by atoms with van der Waals surface area (Å²) in [6.07, 6.45) is 7.62. The molecule has 1 heterocycles. The Morgan fingerprint density at radius 2 is 1.75 bits per heavy atom. The number of rotatable bonds is 7. The molecule has 1 amide bonds. The van der Waals surface area contributed by atoms with Crippen molar-refractivity contribution in [2.75, 3.05) is 10.6 Å². The van der Waals surface area contributed by atoms with Crippen LogP contribution in [0.25, 0.3) is 0 Å². The number of nitrogens with two attached hydrogens (primary N) is 1. The number of aryl methyl sites for hydroxylation is 1. The van der Waals surface area contributed by atoms with E-state index in [0.29, 0.717) is 12.2 Å². The third-order valence-electron chi connectivity index (χ3n) is 4.75. The Bertz CT molecular complexity index is 706. The highest BCUT2D eigenvalue weighted by Gasteiger charge is 2.28. The number of anilines is 2. The Labute approximate surface area is 144 Å². The van der Waals surface area contributed by atoms with E-state index in [1.54, 1.807) is 6.07 Å². The fourth-order valence-electron chi connectivity index (χ4n) is 3.30. The molecule has 0 bridgehead atoms. The predicted octanol–water partition coefficient (Wildman–Crippen LogP) is 4.94. The summed E-state index contributed by atoms with van der Waals surface area (Å²) in [4.78, 5) is 14.4. The monoisotopic (exact) mass is 322 g/mol. The lowest BCUT2D eigenvalue weighted by Crippen LogP contribution is -2.22. The number of hydrogen-bond donors (Lipinski definition) is 1. The molecule has 0 atom stereocenters. The first-order valence-electron chi connectivity index (χ1n) is 8.98. The summed E-state index contributed by atoms with van der Waals surface area (Å²) in [5.41, 5.74) is 10.5. The van der Waals surface area contributed by atoms with E-state index >= 15 is 0 Å². The minimum atomic E-state index is 0.0459. The molecule has 0 unspecified atom stereocenters. The molecule has 24 heavy (non-hydrogen) atoms. The van der Waals surface area contributed by atoms with Crippen molar-refractivity contribution in [1.82, 2.24) is 0 Å². The van der Waals surface area contributed by atoms with Crippen LogP contribution in [0.2, 0.25) is 0 Å². The van der Waals surface area contributed by atoms with Crippen LogP contribution < -0.4 is 10.6 Å². The fraction of sp³-hybridized carbons (Fsp3) is 0.381. The molecule has 0 radical (unpaired) electrons. The van der Waals surface area contributed by atoms with E-state index in [-0.39, 0.29) is 5.91 Å². The van der Waals surface area contributed by atoms with Crippen LogP contribution in [-0.2, 0) is 13.0 Å². The van der Waals surface area contributed by atoms with E-state index in [1.165, 1.54) is 37.7 Å². The molecule has 1 aliphatic rings. The molecule has 0 saturated carbocycles. The van der Waals surface area contributed by atoms with Crippen molar-refractivity contribution in [2.24, 2.45) is 0 Å². The Hall–Kier alpha value is -2.29. The zero-order valence-electron chi connectivity index (χ0n) is 14.4. The second-order valence-corrected chi connectivity index (χ2v) is 6.64. The number of nitrogen functional groups attached to an aromatic ring is 1. The average Bonchev–Trinajstić information content (AvgIpc) is 2.92. The van der Waals surface area contributed by atoms with Gasteiger partial charge >= 0.3 is 0 Å². The summed E-state index contributed by atoms with van der Waals surface area (Å²) in [7, 11) is 0. The zero-order valence-corrected chi connectivity index (χ0v) is 14.4. The predicted molar refractivity (Wildman–Crippen MR) is 100 cm³/mol. The van der Waals surface area contributed by atoms with Crippen molar-refractivity contribution in [3.8, 4) is 0 Å². The van der Waals surface area contributed by atoms with Gasteiger partial charge in [-0.3, -0.25) is 4.79 Å². The molecule has 2 aromatic carbocycles. The van der Waals surface area contributed by atoms with Gasteiger partial charge in [-0.2, -0.15) is 0 Å². The maximum atomic E-state index is 12.6. The molecule has 0 spiro atoms. The van der Waals surface area contributed by atoms with Crippen molar-refractivity contribution in [1.29, 1.82) is 0 Å². The van der Waals surface area contributed by atoms with Crippen molar-refractivity contribution >= 4 is 17.3 Å². The number of nitrogens with zero attached hydrogens (tertiary/aromatic N) is 1. The first-order chi connectivity index (χ1) is 11.7. The van der Waals surface area contributed by atoms with Crippen LogP contribution in [0.15, 0.2) is 42.5 Å². The summed E-state index contributed by atoms with van der Waals surface area (Å²) in [6, 6.07) is 14.0. The quantitative estimate of drug-likeness (QED) is 0.579. The summed E-state index contributed by atoms with van der Waals surface area (Å²) in [5.74, 6) is 0.0459. The molecule has 2 N–H and O–H groups in total. The second kappa shape index (κ2) is 7.52. The van der Waals surface area contributed by atoms with Crippen LogP contribution in [-0.4, -0.2) is 5.91 Å². The van der Waals surface area contributed by atoms with Gasteiger partial charge in [0, 0.05) is 16.9 Å². The lowest BCUT2D eigenvalue weighted by molar-refractivity contribution is 0.0996. The van der Waals surface area contributed by atoms with Gasteiger partial charge in [-0.1, -0.05) is 50.8 Å². The topological polar surface area (TPSA) is 46.3 Å². The molecule has 0 fully saturated rings. The van der Waals surface area contributed by atoms with Crippen LogP contribution in [0.1, 0.15) is 60.5 Å². The van der Waals surface area contributed by atoms with E-state index < -0.39 is 0 Å². The highest BCUT2D eigenvalue weighted by molar-refractivity contribution is 6.10. The number of fused-ring (bicyclic) bond motifs is 1. The summed E-state index contributed by atoms with van der Waals surface area (Å²) in [6.45, 7) is 2.87. The highest BCUT2D eigenvalue weighted by atomic mass is 16.2. The second-order valence-electron chi connectivity index (χ2n) is 6.64. The Balaban J connectivity index is 1.61. The molecule has 126 valence electrons. The standard InChI is InChI=1S/C21H26N2O/c1-2-3-4-5-6-7-16-8-12-19(13-9-16)23-15-17-10-11-18(22)14-20(17)21(23)24/h8-14H,2-7,15,22H2,1H3. The number of carbonyl (C=O) groups excluding carboxylic acids is 1. The van der Waals surface area contributed by atoms with Crippen molar-refractivity contribution < 1.29 is 4.79 Å². The van der Waals surface area contributed by atoms with Crippen LogP contribution in [0, 0.1) is 0 Å². The van der Waals surface area contributed by atoms with Gasteiger partial charge < -0.3 is 10.6 Å². The fourth-order valence-corrected chi connectivity index (χ4v) is 3.30. The molecule has 3 nitrogen and oxygen atoms in total.